The molecule has 0 atom stereocenters. The van der Waals surface area contributed by atoms with Crippen molar-refractivity contribution < 1.29 is 125 Å². The molecule has 0 spiro atoms. The number of fused-ring (bicyclic) bond motifs is 4. The average Bonchev–Trinajstić information content (AvgIpc) is 1.63. The van der Waals surface area contributed by atoms with Crippen LogP contribution in [0.2, 0.25) is 0 Å². The topological polar surface area (TPSA) is 337 Å². The van der Waals surface area contributed by atoms with E-state index in [0.717, 1.165) is 85.6 Å². The molecule has 0 fully saturated rings. The van der Waals surface area contributed by atoms with Crippen LogP contribution in [0.15, 0.2) is 255 Å². The monoisotopic (exact) mass is 1740 g/mol. The number of thiophene rings is 4. The zero-order valence-electron chi connectivity index (χ0n) is 63.1. The van der Waals surface area contributed by atoms with Gasteiger partial charge in [-0.25, -0.2) is 45.5 Å². The Labute approximate surface area is 707 Å². The zero-order chi connectivity index (χ0) is 87.4. The van der Waals surface area contributed by atoms with Gasteiger partial charge in [0.1, 0.15) is 46.0 Å². The number of carbonyl (C=O) groups is 4. The third-order valence-electron chi connectivity index (χ3n) is 17.8. The molecule has 12 aromatic carbocycles. The molecule has 0 aliphatic heterocycles. The summed E-state index contributed by atoms with van der Waals surface area (Å²) in [6.07, 6.45) is 10.3. The molecule has 0 saturated carbocycles. The minimum Gasteiger partial charge on any atom is -0.508 e. The Kier molecular flexibility index (Phi) is 26.1. The number of phenolic OH excluding ortho intramolecular Hbond substituents is 8. The van der Waals surface area contributed by atoms with Gasteiger partial charge in [-0.3, -0.25) is 0 Å². The molecule has 618 valence electrons. The van der Waals surface area contributed by atoms with E-state index in [9.17, 15) is 86.4 Å². The molecule has 16 rings (SSSR count). The highest BCUT2D eigenvalue weighted by Gasteiger charge is 2.27. The van der Waals surface area contributed by atoms with Crippen LogP contribution in [0.25, 0.3) is 106 Å². The van der Waals surface area contributed by atoms with Crippen LogP contribution in [-0.4, -0.2) is 87.2 Å². The molecule has 11 N–H and O–H groups in total. The van der Waals surface area contributed by atoms with Gasteiger partial charge < -0.3 is 79.9 Å². The summed E-state index contributed by atoms with van der Waals surface area (Å²) in [6, 6.07) is 59.4. The van der Waals surface area contributed by atoms with Crippen LogP contribution in [0.1, 0.15) is 22.3 Å². The molecular weight excluding hydrogens is 1680 g/mol. The van der Waals surface area contributed by atoms with Crippen molar-refractivity contribution in [2.45, 2.75) is 0 Å². The fraction of sp³-hybridized carbons (Fsp3) is 0.0108. The third kappa shape index (κ3) is 20.3. The molecule has 0 saturated heterocycles. The molecular formula is C93H60F6O20S4. The van der Waals surface area contributed by atoms with Crippen LogP contribution in [0, 0.1) is 34.9 Å². The summed E-state index contributed by atoms with van der Waals surface area (Å²) in [5, 5.41) is 105. The third-order valence-corrected chi connectivity index (χ3v) is 22.7. The van der Waals surface area contributed by atoms with E-state index in [0.29, 0.717) is 92.8 Å². The summed E-state index contributed by atoms with van der Waals surface area (Å²) >= 11 is 4.45. The number of halogens is 6. The second-order valence-corrected chi connectivity index (χ2v) is 30.3. The van der Waals surface area contributed by atoms with E-state index >= 15 is 0 Å². The lowest BCUT2D eigenvalue weighted by Gasteiger charge is -2.09. The number of carboxylic acids is 3. The standard InChI is InChI=1S/C24H16F2O5S.C23H14F2O5S.2C23H15FO5S/c1-30-19(28)11-4-13-2-9-16(10-3-13)31-22-17-12-18(25)21(29)20(26)24(17)32-23(22)14-5-7-15(27)8-6-14;24-17-11-16-21(30-15-8-1-12(2-9-15)3-10-18(27)28)22(13-4-6-14(26)7-5-13)31-23(16)19(25)20(17)29;24-20-18(26)11-10-17-21(22(30-23(17)20)14-4-6-15(25)7-5-14)29-16-8-1-13(2-9-16)3-12-19(27)28;24-18-11-14(4-9-19(18)26)23-22(17-8-5-15(25)12-20(17)30-23)29-16-6-1-13(2-7-16)3-10-21(27)28/h2-12,27,29H,1H3;1-11,26,29H,(H,27,28);2*1-12,25-26H,(H,27,28)/b11-4+;10-3+;12-3+;10-3+. The maximum Gasteiger partial charge on any atom is 0.330 e. The second kappa shape index (κ2) is 37.6. The number of hydrogen-bond acceptors (Lipinski definition) is 21. The average molecular weight is 1740 g/mol. The van der Waals surface area contributed by atoms with Gasteiger partial charge >= 0.3 is 23.9 Å². The largest absolute Gasteiger partial charge is 0.508 e. The van der Waals surface area contributed by atoms with Crippen molar-refractivity contribution in [3.8, 4) is 134 Å². The number of benzene rings is 12. The Morgan fingerprint density at radius 3 is 0.967 bits per heavy atom. The number of aromatic hydroxyl groups is 8. The van der Waals surface area contributed by atoms with E-state index in [-0.39, 0.29) is 59.4 Å². The van der Waals surface area contributed by atoms with Crippen molar-refractivity contribution in [3.05, 3.63) is 312 Å². The van der Waals surface area contributed by atoms with Gasteiger partial charge in [0.25, 0.3) is 0 Å². The molecule has 30 heteroatoms. The Morgan fingerprint density at radius 1 is 0.301 bits per heavy atom. The Balaban J connectivity index is 0.000000141. The summed E-state index contributed by atoms with van der Waals surface area (Å²) in [7, 11) is 1.28. The van der Waals surface area contributed by atoms with E-state index < -0.39 is 81.8 Å². The first-order valence-corrected chi connectivity index (χ1v) is 39.2. The van der Waals surface area contributed by atoms with Crippen LogP contribution in [0.4, 0.5) is 26.3 Å². The van der Waals surface area contributed by atoms with Gasteiger partial charge in [0, 0.05) is 50.5 Å². The smallest absolute Gasteiger partial charge is 0.330 e. The van der Waals surface area contributed by atoms with Gasteiger partial charge in [-0.15, -0.1) is 45.3 Å². The molecule has 16 aromatic rings. The SMILES string of the molecule is COC(=O)/C=C/c1ccc(Oc2c(-c3ccc(O)cc3)sc3c(F)c(O)c(F)cc23)cc1.O=C(O)/C=C/c1ccc(Oc2c(-c3ccc(O)c(F)c3)sc3cc(O)ccc23)cc1.O=C(O)/C=C/c1ccc(Oc2c(-c3ccc(O)cc3)sc3c(F)c(O)c(F)cc23)cc1.O=C(O)/C=C/c1ccc(Oc2c(-c3ccc(O)cc3)sc3c(F)c(O)ccc23)cc1. The van der Waals surface area contributed by atoms with Gasteiger partial charge in [0.05, 0.1) is 40.7 Å². The highest BCUT2D eigenvalue weighted by Crippen LogP contribution is 2.54. The van der Waals surface area contributed by atoms with E-state index in [4.69, 9.17) is 34.3 Å². The molecule has 0 amide bonds. The predicted octanol–water partition coefficient (Wildman–Crippen LogP) is 24.4. The molecule has 0 aliphatic carbocycles. The lowest BCUT2D eigenvalue weighted by Crippen LogP contribution is -1.93. The first-order valence-electron chi connectivity index (χ1n) is 36.0. The highest BCUT2D eigenvalue weighted by molar-refractivity contribution is 7.24. The second-order valence-electron chi connectivity index (χ2n) is 26.2. The number of phenols is 8. The number of hydrogen-bond donors (Lipinski definition) is 11. The van der Waals surface area contributed by atoms with Crippen LogP contribution in [0.3, 0.4) is 0 Å². The number of esters is 1. The van der Waals surface area contributed by atoms with Crippen molar-refractivity contribution in [1.82, 2.24) is 0 Å². The number of carbonyl (C=O) groups excluding carboxylic acids is 1. The molecule has 123 heavy (non-hydrogen) atoms. The molecule has 0 radical (unpaired) electrons. The van der Waals surface area contributed by atoms with Gasteiger partial charge in [-0.05, 0) is 251 Å². The predicted molar refractivity (Wildman–Crippen MR) is 459 cm³/mol. The van der Waals surface area contributed by atoms with Crippen molar-refractivity contribution in [1.29, 1.82) is 0 Å². The van der Waals surface area contributed by atoms with E-state index in [1.807, 2.05) is 0 Å². The van der Waals surface area contributed by atoms with Gasteiger partial charge in [-0.2, -0.15) is 0 Å². The summed E-state index contributed by atoms with van der Waals surface area (Å²) in [4.78, 5) is 45.4. The minimum absolute atomic E-state index is 0.0259. The molecule has 0 aliphatic rings. The lowest BCUT2D eigenvalue weighted by atomic mass is 10.1. The fourth-order valence-electron chi connectivity index (χ4n) is 11.9. The van der Waals surface area contributed by atoms with E-state index in [1.54, 1.807) is 170 Å². The number of aliphatic carboxylic acids is 3. The first-order chi connectivity index (χ1) is 59.0. The summed E-state index contributed by atoms with van der Waals surface area (Å²) in [5.74, 6) is -9.05. The summed E-state index contributed by atoms with van der Waals surface area (Å²) in [6.45, 7) is 0. The molecule has 20 nitrogen and oxygen atoms in total. The van der Waals surface area contributed by atoms with E-state index in [2.05, 4.69) is 4.74 Å². The maximum absolute atomic E-state index is 14.6. The lowest BCUT2D eigenvalue weighted by molar-refractivity contribution is -0.135. The van der Waals surface area contributed by atoms with Gasteiger partial charge in [0.15, 0.2) is 80.9 Å². The molecule has 0 bridgehead atoms. The number of ether oxygens (including phenoxy) is 5. The van der Waals surface area contributed by atoms with Crippen LogP contribution >= 0.6 is 45.3 Å². The van der Waals surface area contributed by atoms with Crippen molar-refractivity contribution in [3.63, 3.8) is 0 Å². The highest BCUT2D eigenvalue weighted by atomic mass is 32.1. The van der Waals surface area contributed by atoms with Crippen LogP contribution in [0.5, 0.6) is 92.0 Å². The molecule has 0 unspecified atom stereocenters. The van der Waals surface area contributed by atoms with Gasteiger partial charge in [0.2, 0.25) is 0 Å². The zero-order valence-corrected chi connectivity index (χ0v) is 66.3. The van der Waals surface area contributed by atoms with Crippen molar-refractivity contribution in [2.24, 2.45) is 0 Å². The number of methoxy groups -OCH3 is 1. The minimum atomic E-state index is -1.11. The molecule has 4 heterocycles. The number of carboxylic acid groups (broad SMARTS) is 3. The number of rotatable bonds is 20. The van der Waals surface area contributed by atoms with Crippen molar-refractivity contribution in [2.75, 3.05) is 7.11 Å². The summed E-state index contributed by atoms with van der Waals surface area (Å²) in [5.41, 5.74) is 5.22. The van der Waals surface area contributed by atoms with E-state index in [1.165, 1.54) is 97.3 Å². The van der Waals surface area contributed by atoms with Crippen LogP contribution in [-0.2, 0) is 23.9 Å². The van der Waals surface area contributed by atoms with Gasteiger partial charge in [-0.1, -0.05) is 48.5 Å². The Hall–Kier alpha value is -15.5. The van der Waals surface area contributed by atoms with Crippen molar-refractivity contribution >= 4 is 134 Å². The quantitative estimate of drug-likeness (QED) is 0.0192. The first kappa shape index (κ1) is 85.4. The fourth-order valence-corrected chi connectivity index (χ4v) is 16.5. The van der Waals surface area contributed by atoms with Crippen LogP contribution < -0.4 is 18.9 Å². The summed E-state index contributed by atoms with van der Waals surface area (Å²) < 4.78 is 116. The Bertz CT molecular complexity index is 6800. The Morgan fingerprint density at radius 2 is 0.610 bits per heavy atom. The normalized spacial score (nSPS) is 11.2. The molecule has 4 aromatic heterocycles. The maximum atomic E-state index is 14.6.